The number of carbonyl (C=O) groups excluding carboxylic acids is 1. The SMILES string of the molecule is COC(=O)C1CC2(C1)CN(c1cnc(Br)cn1)C2. The Morgan fingerprint density at radius 2 is 2.17 bits per heavy atom. The lowest BCUT2D eigenvalue weighted by Crippen LogP contribution is -2.63. The Balaban J connectivity index is 1.55. The Morgan fingerprint density at radius 1 is 1.44 bits per heavy atom. The standard InChI is InChI=1S/C12H14BrN3O2/c1-18-11(17)8-2-12(3-8)6-16(7-12)10-5-14-9(13)4-15-10/h4-5,8H,2-3,6-7H2,1H3. The smallest absolute Gasteiger partial charge is 0.308 e. The van der Waals surface area contributed by atoms with Crippen LogP contribution < -0.4 is 4.90 Å². The number of carbonyl (C=O) groups is 1. The minimum Gasteiger partial charge on any atom is -0.469 e. The molecule has 5 nitrogen and oxygen atoms in total. The van der Waals surface area contributed by atoms with E-state index in [0.717, 1.165) is 36.4 Å². The molecule has 18 heavy (non-hydrogen) atoms. The quantitative estimate of drug-likeness (QED) is 0.777. The van der Waals surface area contributed by atoms with Gasteiger partial charge in [-0.15, -0.1) is 0 Å². The third kappa shape index (κ3) is 1.88. The van der Waals surface area contributed by atoms with Gasteiger partial charge in [-0.05, 0) is 28.8 Å². The van der Waals surface area contributed by atoms with Gasteiger partial charge in [-0.2, -0.15) is 0 Å². The van der Waals surface area contributed by atoms with Gasteiger partial charge in [0.25, 0.3) is 0 Å². The van der Waals surface area contributed by atoms with Crippen LogP contribution in [0.1, 0.15) is 12.8 Å². The fraction of sp³-hybridized carbons (Fsp3) is 0.583. The zero-order chi connectivity index (χ0) is 12.8. The van der Waals surface area contributed by atoms with Crippen LogP contribution >= 0.6 is 15.9 Å². The summed E-state index contributed by atoms with van der Waals surface area (Å²) in [5.41, 5.74) is 0.313. The minimum absolute atomic E-state index is 0.0671. The highest BCUT2D eigenvalue weighted by atomic mass is 79.9. The summed E-state index contributed by atoms with van der Waals surface area (Å²) in [5.74, 6) is 0.945. The number of rotatable bonds is 2. The topological polar surface area (TPSA) is 55.3 Å². The minimum atomic E-state index is -0.0671. The number of halogens is 1. The van der Waals surface area contributed by atoms with Crippen LogP contribution in [-0.4, -0.2) is 36.1 Å². The van der Waals surface area contributed by atoms with Gasteiger partial charge in [0.05, 0.1) is 25.4 Å². The van der Waals surface area contributed by atoms with E-state index in [2.05, 4.69) is 30.8 Å². The second kappa shape index (κ2) is 4.19. The summed E-state index contributed by atoms with van der Waals surface area (Å²) in [5, 5.41) is 0. The van der Waals surface area contributed by atoms with Crippen LogP contribution in [0.15, 0.2) is 17.0 Å². The molecule has 0 amide bonds. The van der Waals surface area contributed by atoms with Crippen molar-refractivity contribution in [3.8, 4) is 0 Å². The molecule has 2 fully saturated rings. The van der Waals surface area contributed by atoms with Crippen LogP contribution in [0.3, 0.4) is 0 Å². The number of aromatic nitrogens is 2. The van der Waals surface area contributed by atoms with Crippen molar-refractivity contribution >= 4 is 27.7 Å². The second-order valence-corrected chi connectivity index (χ2v) is 5.99. The number of ether oxygens (including phenoxy) is 1. The van der Waals surface area contributed by atoms with Gasteiger partial charge in [0, 0.05) is 18.5 Å². The molecule has 1 aromatic rings. The average Bonchev–Trinajstić information content (AvgIpc) is 2.27. The molecule has 96 valence electrons. The van der Waals surface area contributed by atoms with Gasteiger partial charge in [0.1, 0.15) is 10.4 Å². The molecular formula is C12H14BrN3O2. The molecule has 0 radical (unpaired) electrons. The predicted molar refractivity (Wildman–Crippen MR) is 69.1 cm³/mol. The first-order valence-corrected chi connectivity index (χ1v) is 6.71. The molecule has 1 saturated carbocycles. The van der Waals surface area contributed by atoms with E-state index in [1.807, 2.05) is 0 Å². The fourth-order valence-electron chi connectivity index (χ4n) is 2.97. The summed E-state index contributed by atoms with van der Waals surface area (Å²) >= 11 is 3.27. The van der Waals surface area contributed by atoms with Gasteiger partial charge in [-0.1, -0.05) is 0 Å². The van der Waals surface area contributed by atoms with E-state index in [1.165, 1.54) is 7.11 Å². The number of nitrogens with zero attached hydrogens (tertiary/aromatic N) is 3. The Hall–Kier alpha value is -1.17. The maximum absolute atomic E-state index is 11.3. The van der Waals surface area contributed by atoms with E-state index >= 15 is 0 Å². The zero-order valence-electron chi connectivity index (χ0n) is 10.1. The van der Waals surface area contributed by atoms with Gasteiger partial charge in [0.15, 0.2) is 0 Å². The summed E-state index contributed by atoms with van der Waals surface area (Å²) in [6.45, 7) is 1.94. The molecule has 2 heterocycles. The van der Waals surface area contributed by atoms with E-state index in [9.17, 15) is 4.79 Å². The molecule has 0 unspecified atom stereocenters. The van der Waals surface area contributed by atoms with Gasteiger partial charge in [0.2, 0.25) is 0 Å². The highest BCUT2D eigenvalue weighted by Gasteiger charge is 2.55. The van der Waals surface area contributed by atoms with Crippen LogP contribution in [0.5, 0.6) is 0 Å². The fourth-order valence-corrected chi connectivity index (χ4v) is 3.18. The second-order valence-electron chi connectivity index (χ2n) is 5.18. The van der Waals surface area contributed by atoms with Crippen molar-refractivity contribution in [2.75, 3.05) is 25.1 Å². The van der Waals surface area contributed by atoms with Crippen LogP contribution in [0.2, 0.25) is 0 Å². The van der Waals surface area contributed by atoms with E-state index < -0.39 is 0 Å². The third-order valence-corrected chi connectivity index (χ3v) is 4.29. The van der Waals surface area contributed by atoms with E-state index in [-0.39, 0.29) is 11.9 Å². The van der Waals surface area contributed by atoms with Crippen molar-refractivity contribution in [1.29, 1.82) is 0 Å². The molecule has 6 heteroatoms. The van der Waals surface area contributed by atoms with Crippen molar-refractivity contribution in [2.45, 2.75) is 12.8 Å². The van der Waals surface area contributed by atoms with Gasteiger partial charge >= 0.3 is 5.97 Å². The van der Waals surface area contributed by atoms with Crippen molar-refractivity contribution in [3.05, 3.63) is 17.0 Å². The Morgan fingerprint density at radius 3 is 2.72 bits per heavy atom. The summed E-state index contributed by atoms with van der Waals surface area (Å²) in [7, 11) is 1.46. The van der Waals surface area contributed by atoms with Crippen molar-refractivity contribution in [3.63, 3.8) is 0 Å². The maximum Gasteiger partial charge on any atom is 0.308 e. The van der Waals surface area contributed by atoms with Crippen molar-refractivity contribution in [2.24, 2.45) is 11.3 Å². The van der Waals surface area contributed by atoms with Gasteiger partial charge in [-0.3, -0.25) is 4.79 Å². The lowest BCUT2D eigenvalue weighted by molar-refractivity contribution is -0.155. The van der Waals surface area contributed by atoms with Gasteiger partial charge < -0.3 is 9.64 Å². The maximum atomic E-state index is 11.3. The predicted octanol–water partition coefficient (Wildman–Crippen LogP) is 1.63. The molecule has 2 aliphatic rings. The average molecular weight is 312 g/mol. The largest absolute Gasteiger partial charge is 0.469 e. The van der Waals surface area contributed by atoms with Crippen molar-refractivity contribution in [1.82, 2.24) is 9.97 Å². The van der Waals surface area contributed by atoms with E-state index in [0.29, 0.717) is 5.41 Å². The molecule has 0 atom stereocenters. The molecule has 1 aliphatic carbocycles. The van der Waals surface area contributed by atoms with Gasteiger partial charge in [-0.25, -0.2) is 9.97 Å². The molecular weight excluding hydrogens is 298 g/mol. The highest BCUT2D eigenvalue weighted by Crippen LogP contribution is 2.52. The summed E-state index contributed by atoms with van der Waals surface area (Å²) in [6, 6.07) is 0. The van der Waals surface area contributed by atoms with Crippen LogP contribution in [0.25, 0.3) is 0 Å². The number of hydrogen-bond acceptors (Lipinski definition) is 5. The highest BCUT2D eigenvalue weighted by molar-refractivity contribution is 9.10. The molecule has 3 rings (SSSR count). The number of anilines is 1. The Kier molecular flexibility index (Phi) is 2.77. The first-order valence-electron chi connectivity index (χ1n) is 5.92. The summed E-state index contributed by atoms with van der Waals surface area (Å²) in [6.07, 6.45) is 5.37. The number of esters is 1. The number of methoxy groups -OCH3 is 1. The zero-order valence-corrected chi connectivity index (χ0v) is 11.7. The van der Waals surface area contributed by atoms with Crippen LogP contribution in [0, 0.1) is 11.3 Å². The third-order valence-electron chi connectivity index (χ3n) is 3.88. The monoisotopic (exact) mass is 311 g/mol. The molecule has 1 saturated heterocycles. The number of hydrogen-bond donors (Lipinski definition) is 0. The van der Waals surface area contributed by atoms with E-state index in [1.54, 1.807) is 12.4 Å². The normalized spacial score (nSPS) is 21.3. The lowest BCUT2D eigenvalue weighted by Gasteiger charge is -2.58. The molecule has 1 aromatic heterocycles. The lowest BCUT2D eigenvalue weighted by atomic mass is 9.58. The molecule has 0 aromatic carbocycles. The van der Waals surface area contributed by atoms with E-state index in [4.69, 9.17) is 4.74 Å². The molecule has 0 bridgehead atoms. The van der Waals surface area contributed by atoms with Crippen LogP contribution in [0.4, 0.5) is 5.82 Å². The Bertz CT molecular complexity index is 463. The Labute approximate surface area is 114 Å². The molecule has 0 N–H and O–H groups in total. The first kappa shape index (κ1) is 11.9. The molecule has 1 spiro atoms. The van der Waals surface area contributed by atoms with Crippen LogP contribution in [-0.2, 0) is 9.53 Å². The molecule has 1 aliphatic heterocycles. The summed E-state index contributed by atoms with van der Waals surface area (Å²) in [4.78, 5) is 22.0. The summed E-state index contributed by atoms with van der Waals surface area (Å²) < 4.78 is 5.51. The first-order chi connectivity index (χ1) is 8.62. The van der Waals surface area contributed by atoms with Crippen molar-refractivity contribution < 1.29 is 9.53 Å².